The van der Waals surface area contributed by atoms with Crippen molar-refractivity contribution in [2.24, 2.45) is 0 Å². The van der Waals surface area contributed by atoms with Crippen LogP contribution in [0.25, 0.3) is 0 Å². The number of rotatable bonds is 19. The summed E-state index contributed by atoms with van der Waals surface area (Å²) in [6.07, 6.45) is 1.60. The third-order valence-corrected chi connectivity index (χ3v) is 8.51. The highest BCUT2D eigenvalue weighted by atomic mass is 16.5. The summed E-state index contributed by atoms with van der Waals surface area (Å²) < 4.78 is 33.9. The molecular weight excluding hydrogens is 681 g/mol. The molecule has 0 saturated carbocycles. The summed E-state index contributed by atoms with van der Waals surface area (Å²) in [7, 11) is 6.63. The minimum Gasteiger partial charge on any atom is -0.497 e. The lowest BCUT2D eigenvalue weighted by molar-refractivity contribution is 0.268. The van der Waals surface area contributed by atoms with E-state index in [1.54, 1.807) is 28.4 Å². The maximum atomic E-state index is 6.32. The highest BCUT2D eigenvalue weighted by molar-refractivity contribution is 5.75. The van der Waals surface area contributed by atoms with Crippen LogP contribution in [0.5, 0.6) is 34.5 Å². The van der Waals surface area contributed by atoms with Gasteiger partial charge in [-0.15, -0.1) is 0 Å². The summed E-state index contributed by atoms with van der Waals surface area (Å²) in [5.74, 6) is 4.69. The van der Waals surface area contributed by atoms with Gasteiger partial charge in [0.1, 0.15) is 34.5 Å². The van der Waals surface area contributed by atoms with Crippen LogP contribution in [-0.4, -0.2) is 41.7 Å². The molecule has 0 aromatic heterocycles. The van der Waals surface area contributed by atoms with Crippen molar-refractivity contribution in [3.8, 4) is 34.5 Å². The van der Waals surface area contributed by atoms with Crippen molar-refractivity contribution in [3.63, 3.8) is 0 Å². The van der Waals surface area contributed by atoms with E-state index in [2.05, 4.69) is 21.3 Å². The van der Waals surface area contributed by atoms with E-state index >= 15 is 0 Å². The summed E-state index contributed by atoms with van der Waals surface area (Å²) in [6, 6.07) is 43.3. The van der Waals surface area contributed by atoms with Crippen LogP contribution in [0, 0.1) is 0 Å². The van der Waals surface area contributed by atoms with Crippen LogP contribution < -0.4 is 49.7 Å². The Kier molecular flexibility index (Phi) is 12.8. The standard InChI is InChI=1S/C44H46N4O6/c1-49-37-17-7-31(8-18-37)45-35-15-25-43(41(29-35)47-33-11-21-39(51-3)22-12-33)53-27-5-6-28-54-44-26-16-36(46-32-9-19-38(50-2)20-10-32)30-42(44)48-34-13-23-40(52-4)24-14-34/h7-26,29-30,45-48H,5-6,27-28H2,1-4H3. The van der Waals surface area contributed by atoms with Gasteiger partial charge in [-0.05, 0) is 146 Å². The van der Waals surface area contributed by atoms with E-state index in [9.17, 15) is 0 Å². The summed E-state index contributed by atoms with van der Waals surface area (Å²) in [6.45, 7) is 1.04. The quantitative estimate of drug-likeness (QED) is 0.0603. The number of benzene rings is 6. The van der Waals surface area contributed by atoms with E-state index in [4.69, 9.17) is 28.4 Å². The van der Waals surface area contributed by atoms with Crippen molar-refractivity contribution in [3.05, 3.63) is 133 Å². The van der Waals surface area contributed by atoms with Crippen molar-refractivity contribution in [2.75, 3.05) is 62.9 Å². The topological polar surface area (TPSA) is 104 Å². The summed E-state index contributed by atoms with van der Waals surface area (Å²) in [4.78, 5) is 0. The minimum absolute atomic E-state index is 0.521. The van der Waals surface area contributed by atoms with Crippen LogP contribution in [0.1, 0.15) is 12.8 Å². The van der Waals surface area contributed by atoms with Crippen molar-refractivity contribution in [2.45, 2.75) is 12.8 Å². The zero-order valence-corrected chi connectivity index (χ0v) is 31.0. The molecule has 0 fully saturated rings. The molecule has 0 bridgehead atoms. The molecule has 6 rings (SSSR count). The van der Waals surface area contributed by atoms with Crippen LogP contribution in [0.2, 0.25) is 0 Å². The van der Waals surface area contributed by atoms with Gasteiger partial charge in [0.25, 0.3) is 0 Å². The average molecular weight is 727 g/mol. The highest BCUT2D eigenvalue weighted by Crippen LogP contribution is 2.35. The SMILES string of the molecule is COc1ccc(Nc2ccc(OCCCCOc3ccc(Nc4ccc(OC)cc4)cc3Nc3ccc(OC)cc3)c(Nc3ccc(OC)cc3)c2)cc1. The Bertz CT molecular complexity index is 1900. The van der Waals surface area contributed by atoms with Gasteiger partial charge in [0, 0.05) is 34.1 Å². The fraction of sp³-hybridized carbons (Fsp3) is 0.182. The van der Waals surface area contributed by atoms with Crippen LogP contribution in [0.15, 0.2) is 133 Å². The van der Waals surface area contributed by atoms with Crippen molar-refractivity contribution >= 4 is 45.5 Å². The number of hydrogen-bond acceptors (Lipinski definition) is 10. The molecule has 0 atom stereocenters. The second-order valence-corrected chi connectivity index (χ2v) is 12.2. The molecule has 0 spiro atoms. The van der Waals surface area contributed by atoms with Crippen molar-refractivity contribution in [1.82, 2.24) is 0 Å². The van der Waals surface area contributed by atoms with Crippen LogP contribution in [0.3, 0.4) is 0 Å². The molecule has 10 nitrogen and oxygen atoms in total. The number of methoxy groups -OCH3 is 4. The third-order valence-electron chi connectivity index (χ3n) is 8.51. The summed E-state index contributed by atoms with van der Waals surface area (Å²) in [5, 5.41) is 13.9. The number of nitrogens with one attached hydrogen (secondary N) is 4. The predicted molar refractivity (Wildman–Crippen MR) is 218 cm³/mol. The molecular formula is C44H46N4O6. The van der Waals surface area contributed by atoms with Gasteiger partial charge < -0.3 is 49.7 Å². The molecule has 0 saturated heterocycles. The molecule has 0 radical (unpaired) electrons. The molecule has 278 valence electrons. The van der Waals surface area contributed by atoms with Crippen LogP contribution in [-0.2, 0) is 0 Å². The smallest absolute Gasteiger partial charge is 0.142 e. The number of anilines is 8. The third kappa shape index (κ3) is 10.4. The van der Waals surface area contributed by atoms with E-state index in [-0.39, 0.29) is 0 Å². The lowest BCUT2D eigenvalue weighted by Gasteiger charge is -2.17. The fourth-order valence-electron chi connectivity index (χ4n) is 5.57. The molecule has 0 aliphatic heterocycles. The maximum Gasteiger partial charge on any atom is 0.142 e. The molecule has 0 amide bonds. The largest absolute Gasteiger partial charge is 0.497 e. The lowest BCUT2D eigenvalue weighted by Crippen LogP contribution is -2.05. The first-order chi connectivity index (χ1) is 26.5. The van der Waals surface area contributed by atoms with Crippen LogP contribution >= 0.6 is 0 Å². The Hall–Kier alpha value is -6.68. The zero-order valence-electron chi connectivity index (χ0n) is 31.0. The van der Waals surface area contributed by atoms with E-state index in [0.717, 1.165) is 92.8 Å². The van der Waals surface area contributed by atoms with Gasteiger partial charge in [0.2, 0.25) is 0 Å². The second-order valence-electron chi connectivity index (χ2n) is 12.2. The van der Waals surface area contributed by atoms with E-state index in [0.29, 0.717) is 13.2 Å². The number of unbranched alkanes of at least 4 members (excludes halogenated alkanes) is 1. The number of hydrogen-bond donors (Lipinski definition) is 4. The van der Waals surface area contributed by atoms with Gasteiger partial charge in [-0.1, -0.05) is 0 Å². The Morgan fingerprint density at radius 1 is 0.333 bits per heavy atom. The Balaban J connectivity index is 1.08. The Labute approximate surface area is 317 Å². The van der Waals surface area contributed by atoms with Crippen LogP contribution in [0.4, 0.5) is 45.5 Å². The first-order valence-electron chi connectivity index (χ1n) is 17.7. The minimum atomic E-state index is 0.521. The van der Waals surface area contributed by atoms with Gasteiger partial charge in [-0.3, -0.25) is 0 Å². The molecule has 0 aliphatic rings. The van der Waals surface area contributed by atoms with Crippen molar-refractivity contribution < 1.29 is 28.4 Å². The first-order valence-corrected chi connectivity index (χ1v) is 17.7. The molecule has 0 unspecified atom stereocenters. The lowest BCUT2D eigenvalue weighted by atomic mass is 10.2. The molecule has 6 aromatic carbocycles. The number of ether oxygens (including phenoxy) is 6. The summed E-state index contributed by atoms with van der Waals surface area (Å²) in [5.41, 5.74) is 7.25. The molecule has 6 aromatic rings. The Morgan fingerprint density at radius 3 is 0.907 bits per heavy atom. The maximum absolute atomic E-state index is 6.32. The highest BCUT2D eigenvalue weighted by Gasteiger charge is 2.10. The van der Waals surface area contributed by atoms with Gasteiger partial charge in [0.05, 0.1) is 53.0 Å². The normalized spacial score (nSPS) is 10.5. The van der Waals surface area contributed by atoms with Crippen molar-refractivity contribution in [1.29, 1.82) is 0 Å². The zero-order chi connectivity index (χ0) is 37.5. The van der Waals surface area contributed by atoms with Gasteiger partial charge >= 0.3 is 0 Å². The van der Waals surface area contributed by atoms with Gasteiger partial charge in [-0.25, -0.2) is 0 Å². The van der Waals surface area contributed by atoms with E-state index < -0.39 is 0 Å². The van der Waals surface area contributed by atoms with Gasteiger partial charge in [0.15, 0.2) is 0 Å². The molecule has 54 heavy (non-hydrogen) atoms. The second kappa shape index (κ2) is 18.7. The first kappa shape index (κ1) is 37.1. The van der Waals surface area contributed by atoms with E-state index in [1.165, 1.54) is 0 Å². The summed E-state index contributed by atoms with van der Waals surface area (Å²) >= 11 is 0. The Morgan fingerprint density at radius 2 is 0.611 bits per heavy atom. The fourth-order valence-corrected chi connectivity index (χ4v) is 5.57. The molecule has 10 heteroatoms. The predicted octanol–water partition coefficient (Wildman–Crippen LogP) is 10.9. The van der Waals surface area contributed by atoms with Gasteiger partial charge in [-0.2, -0.15) is 0 Å². The van der Waals surface area contributed by atoms with E-state index in [1.807, 2.05) is 133 Å². The average Bonchev–Trinajstić information content (AvgIpc) is 3.21. The molecule has 0 heterocycles. The monoisotopic (exact) mass is 726 g/mol. The molecule has 0 aliphatic carbocycles. The molecule has 4 N–H and O–H groups in total.